The molecule has 0 aliphatic heterocycles. The molecule has 0 heterocycles. The Morgan fingerprint density at radius 3 is 1.61 bits per heavy atom. The minimum absolute atomic E-state index is 0.0306. The third-order valence-electron chi connectivity index (χ3n) is 9.77. The Bertz CT molecular complexity index is 2270. The number of carbonyl (C=O) groups is 1. The number of amides is 1. The Kier molecular flexibility index (Phi) is 9.67. The predicted octanol–water partition coefficient (Wildman–Crippen LogP) is 7.94. The minimum atomic E-state index is -0.623. The average molecular weight is 687 g/mol. The summed E-state index contributed by atoms with van der Waals surface area (Å²) in [6, 6.07) is 25.6. The van der Waals surface area contributed by atoms with Gasteiger partial charge >= 0.3 is 0 Å². The molecule has 2 atom stereocenters. The van der Waals surface area contributed by atoms with Crippen molar-refractivity contribution in [3.8, 4) is 45.6 Å². The Morgan fingerprint density at radius 2 is 1.06 bits per heavy atom. The molecule has 0 saturated heterocycles. The summed E-state index contributed by atoms with van der Waals surface area (Å²) < 4.78 is 0. The van der Waals surface area contributed by atoms with E-state index in [0.717, 1.165) is 11.1 Å². The van der Waals surface area contributed by atoms with Crippen LogP contribution in [0.3, 0.4) is 0 Å². The number of aryl methyl sites for hydroxylation is 2. The number of rotatable bonds is 10. The van der Waals surface area contributed by atoms with Gasteiger partial charge in [0.1, 0.15) is 11.5 Å². The van der Waals surface area contributed by atoms with E-state index in [1.807, 2.05) is 67.6 Å². The number of fused-ring (bicyclic) bond motifs is 2. The molecule has 6 aromatic carbocycles. The Hall–Kier alpha value is -5.93. The molecule has 9 nitrogen and oxygen atoms in total. The Balaban J connectivity index is 1.39. The second-order valence-electron chi connectivity index (χ2n) is 13.3. The quantitative estimate of drug-likeness (QED) is 0.0674. The average Bonchev–Trinajstić information content (AvgIpc) is 3.12. The SMILES string of the molecule is Cc1cc2c(CNC[C@H](C)c3ccccc3)c(O)c(O)cc2c(O)c1-c1c(C)cc2c(C(=O)NC[C@H](C)c3ccccc3)c(O)c(O)cc2c1O. The topological polar surface area (TPSA) is 163 Å². The predicted molar refractivity (Wildman–Crippen MR) is 200 cm³/mol. The molecule has 8 N–H and O–H groups in total. The van der Waals surface area contributed by atoms with E-state index < -0.39 is 23.2 Å². The minimum Gasteiger partial charge on any atom is -0.507 e. The van der Waals surface area contributed by atoms with Gasteiger partial charge in [0.15, 0.2) is 23.0 Å². The van der Waals surface area contributed by atoms with Crippen molar-refractivity contribution in [2.75, 3.05) is 13.1 Å². The van der Waals surface area contributed by atoms with Gasteiger partial charge in [0.25, 0.3) is 5.91 Å². The Labute approximate surface area is 296 Å². The molecule has 0 radical (unpaired) electrons. The summed E-state index contributed by atoms with van der Waals surface area (Å²) in [6.45, 7) is 8.59. The van der Waals surface area contributed by atoms with Gasteiger partial charge in [-0.05, 0) is 71.5 Å². The Morgan fingerprint density at radius 1 is 0.588 bits per heavy atom. The van der Waals surface area contributed by atoms with Gasteiger partial charge in [0.2, 0.25) is 0 Å². The van der Waals surface area contributed by atoms with E-state index in [2.05, 4.69) is 17.6 Å². The number of nitrogens with one attached hydrogen (secondary N) is 2. The molecule has 0 spiro atoms. The van der Waals surface area contributed by atoms with Crippen LogP contribution in [0, 0.1) is 13.8 Å². The number of benzene rings is 6. The van der Waals surface area contributed by atoms with Crippen LogP contribution in [-0.4, -0.2) is 49.6 Å². The normalized spacial score (nSPS) is 12.6. The number of hydrogen-bond donors (Lipinski definition) is 8. The van der Waals surface area contributed by atoms with Crippen LogP contribution in [0.4, 0.5) is 0 Å². The van der Waals surface area contributed by atoms with Gasteiger partial charge in [-0.25, -0.2) is 0 Å². The van der Waals surface area contributed by atoms with E-state index in [1.54, 1.807) is 26.0 Å². The van der Waals surface area contributed by atoms with Crippen molar-refractivity contribution < 1.29 is 35.4 Å². The summed E-state index contributed by atoms with van der Waals surface area (Å²) in [7, 11) is 0. The van der Waals surface area contributed by atoms with Crippen molar-refractivity contribution >= 4 is 27.5 Å². The van der Waals surface area contributed by atoms with Gasteiger partial charge in [-0.3, -0.25) is 4.79 Å². The molecule has 0 aliphatic rings. The monoisotopic (exact) mass is 686 g/mol. The lowest BCUT2D eigenvalue weighted by Gasteiger charge is -2.21. The van der Waals surface area contributed by atoms with Gasteiger partial charge in [-0.2, -0.15) is 0 Å². The maximum Gasteiger partial charge on any atom is 0.255 e. The fraction of sp³-hybridized carbons (Fsp3) is 0.214. The molecule has 1 amide bonds. The molecule has 6 rings (SSSR count). The molecule has 51 heavy (non-hydrogen) atoms. The van der Waals surface area contributed by atoms with Crippen molar-refractivity contribution in [1.29, 1.82) is 0 Å². The van der Waals surface area contributed by atoms with Crippen molar-refractivity contribution in [3.63, 3.8) is 0 Å². The van der Waals surface area contributed by atoms with Crippen LogP contribution < -0.4 is 10.6 Å². The van der Waals surface area contributed by atoms with Gasteiger partial charge in [-0.1, -0.05) is 80.6 Å². The maximum absolute atomic E-state index is 13.5. The lowest BCUT2D eigenvalue weighted by Crippen LogP contribution is -2.27. The van der Waals surface area contributed by atoms with E-state index in [-0.39, 0.29) is 75.0 Å². The highest BCUT2D eigenvalue weighted by Gasteiger charge is 2.27. The van der Waals surface area contributed by atoms with E-state index in [4.69, 9.17) is 0 Å². The van der Waals surface area contributed by atoms with Crippen LogP contribution in [0.5, 0.6) is 34.5 Å². The number of phenolic OH excluding ortho intramolecular Hbond substituents is 6. The molecule has 9 heteroatoms. The van der Waals surface area contributed by atoms with Gasteiger partial charge in [0, 0.05) is 52.5 Å². The summed E-state index contributed by atoms with van der Waals surface area (Å²) in [4.78, 5) is 13.5. The maximum atomic E-state index is 13.5. The van der Waals surface area contributed by atoms with Crippen molar-refractivity contribution in [3.05, 3.63) is 118 Å². The molecule has 0 fully saturated rings. The molecule has 0 unspecified atom stereocenters. The van der Waals surface area contributed by atoms with Gasteiger partial charge in [0.05, 0.1) is 5.56 Å². The molecule has 262 valence electrons. The van der Waals surface area contributed by atoms with E-state index in [1.165, 1.54) is 12.1 Å². The molecular weight excluding hydrogens is 644 g/mol. The fourth-order valence-corrected chi connectivity index (χ4v) is 6.91. The summed E-state index contributed by atoms with van der Waals surface area (Å²) >= 11 is 0. The highest BCUT2D eigenvalue weighted by atomic mass is 16.3. The van der Waals surface area contributed by atoms with E-state index in [9.17, 15) is 35.4 Å². The van der Waals surface area contributed by atoms with Crippen LogP contribution in [0.1, 0.15) is 63.9 Å². The number of carbonyl (C=O) groups excluding carboxylic acids is 1. The first-order valence-electron chi connectivity index (χ1n) is 16.9. The zero-order valence-electron chi connectivity index (χ0n) is 29.0. The smallest absolute Gasteiger partial charge is 0.255 e. The van der Waals surface area contributed by atoms with Crippen LogP contribution in [-0.2, 0) is 6.54 Å². The highest BCUT2D eigenvalue weighted by molar-refractivity contribution is 6.14. The first-order valence-corrected chi connectivity index (χ1v) is 16.9. The molecule has 0 aromatic heterocycles. The summed E-state index contributed by atoms with van der Waals surface area (Å²) in [5.74, 6) is -2.92. The van der Waals surface area contributed by atoms with Crippen molar-refractivity contribution in [2.24, 2.45) is 0 Å². The van der Waals surface area contributed by atoms with Crippen molar-refractivity contribution in [2.45, 2.75) is 46.1 Å². The third kappa shape index (κ3) is 6.56. The molecule has 0 bridgehead atoms. The molecule has 0 saturated carbocycles. The van der Waals surface area contributed by atoms with E-state index >= 15 is 0 Å². The standard InChI is InChI=1S/C42H42N2O7/c1-22-15-28-30(17-33(45)38(47)32(28)21-43-19-24(3)26-11-7-5-8-12-26)39(48)35(22)36-23(2)16-29-31(40(36)49)18-34(46)41(50)37(29)42(51)44-20-25(4)27-13-9-6-10-14-27/h5-18,24-25,43,45-50H,19-21H2,1-4H3,(H,44,51)/t24-,25-/m0/s1. The van der Waals surface area contributed by atoms with Crippen LogP contribution in [0.15, 0.2) is 84.9 Å². The van der Waals surface area contributed by atoms with Crippen LogP contribution in [0.25, 0.3) is 32.7 Å². The van der Waals surface area contributed by atoms with Crippen molar-refractivity contribution in [1.82, 2.24) is 10.6 Å². The molecular formula is C42H42N2O7. The molecule has 6 aromatic rings. The number of aromatic hydroxyl groups is 6. The number of phenols is 6. The summed E-state index contributed by atoms with van der Waals surface area (Å²) in [5.41, 5.74) is 3.98. The largest absolute Gasteiger partial charge is 0.507 e. The van der Waals surface area contributed by atoms with Gasteiger partial charge in [-0.15, -0.1) is 0 Å². The summed E-state index contributed by atoms with van der Waals surface area (Å²) in [5, 5.41) is 74.1. The van der Waals surface area contributed by atoms with Gasteiger partial charge < -0.3 is 41.3 Å². The highest BCUT2D eigenvalue weighted by Crippen LogP contribution is 2.51. The first kappa shape index (κ1) is 34.9. The first-order chi connectivity index (χ1) is 24.4. The summed E-state index contributed by atoms with van der Waals surface area (Å²) in [6.07, 6.45) is 0. The van der Waals surface area contributed by atoms with Crippen LogP contribution in [0.2, 0.25) is 0 Å². The third-order valence-corrected chi connectivity index (χ3v) is 9.77. The van der Waals surface area contributed by atoms with E-state index in [0.29, 0.717) is 28.6 Å². The lowest BCUT2D eigenvalue weighted by molar-refractivity contribution is 0.0950. The second kappa shape index (κ2) is 14.1. The zero-order valence-corrected chi connectivity index (χ0v) is 29.0. The number of hydrogen-bond acceptors (Lipinski definition) is 8. The zero-order chi connectivity index (χ0) is 36.6. The lowest BCUT2D eigenvalue weighted by atomic mass is 9.87. The second-order valence-corrected chi connectivity index (χ2v) is 13.3. The van der Waals surface area contributed by atoms with Crippen LogP contribution >= 0.6 is 0 Å². The molecule has 0 aliphatic carbocycles. The fourth-order valence-electron chi connectivity index (χ4n) is 6.91.